The van der Waals surface area contributed by atoms with Crippen LogP contribution < -0.4 is 4.90 Å². The number of nitrogens with zero attached hydrogens (tertiary/aromatic N) is 2. The Morgan fingerprint density at radius 3 is 1.62 bits per heavy atom. The Morgan fingerprint density at radius 2 is 0.933 bits per heavy atom. The van der Waals surface area contributed by atoms with Crippen LogP contribution in [0, 0.1) is 0 Å². The van der Waals surface area contributed by atoms with Crippen LogP contribution in [0.1, 0.15) is 0 Å². The van der Waals surface area contributed by atoms with Gasteiger partial charge in [0.1, 0.15) is 11.2 Å². The Kier molecular flexibility index (Phi) is 5.82. The fraction of sp³-hybridized carbons (Fsp3) is 0. The summed E-state index contributed by atoms with van der Waals surface area (Å²) in [5.41, 5.74) is 11.0. The van der Waals surface area contributed by atoms with Crippen LogP contribution in [-0.2, 0) is 0 Å². The normalized spacial score (nSPS) is 11.6. The van der Waals surface area contributed by atoms with Gasteiger partial charge in [-0.2, -0.15) is 0 Å². The molecule has 0 saturated carbocycles. The van der Waals surface area contributed by atoms with Crippen molar-refractivity contribution in [3.05, 3.63) is 170 Å². The molecule has 0 aliphatic heterocycles. The lowest BCUT2D eigenvalue weighted by molar-refractivity contribution is 0.669. The van der Waals surface area contributed by atoms with Crippen molar-refractivity contribution < 1.29 is 4.42 Å². The highest BCUT2D eigenvalue weighted by molar-refractivity contribution is 6.13. The maximum absolute atomic E-state index is 6.25. The molecule has 0 spiro atoms. The molecule has 9 rings (SSSR count). The molecule has 0 N–H and O–H groups in total. The number of aromatic nitrogens is 1. The summed E-state index contributed by atoms with van der Waals surface area (Å²) in [6.07, 6.45) is 0. The lowest BCUT2D eigenvalue weighted by atomic mass is 10.0. The van der Waals surface area contributed by atoms with E-state index in [1.165, 1.54) is 32.9 Å². The van der Waals surface area contributed by atoms with Crippen molar-refractivity contribution in [3.63, 3.8) is 0 Å². The Bertz CT molecular complexity index is 2420. The summed E-state index contributed by atoms with van der Waals surface area (Å²) in [5, 5.41) is 4.77. The molecular formula is C42H28N2O. The lowest BCUT2D eigenvalue weighted by Crippen LogP contribution is -2.10. The fourth-order valence-corrected chi connectivity index (χ4v) is 6.75. The van der Waals surface area contributed by atoms with Gasteiger partial charge in [-0.05, 0) is 77.9 Å². The smallest absolute Gasteiger partial charge is 0.137 e. The molecule has 7 aromatic carbocycles. The van der Waals surface area contributed by atoms with E-state index in [0.717, 1.165) is 44.7 Å². The molecule has 0 aliphatic rings. The maximum atomic E-state index is 6.25. The Hall–Kier alpha value is -6.06. The summed E-state index contributed by atoms with van der Waals surface area (Å²) in [5.74, 6) is 0. The first-order valence-electron chi connectivity index (χ1n) is 15.3. The van der Waals surface area contributed by atoms with Crippen molar-refractivity contribution in [1.29, 1.82) is 0 Å². The zero-order valence-corrected chi connectivity index (χ0v) is 24.5. The third-order valence-corrected chi connectivity index (χ3v) is 8.80. The molecule has 212 valence electrons. The largest absolute Gasteiger partial charge is 0.456 e. The van der Waals surface area contributed by atoms with Gasteiger partial charge >= 0.3 is 0 Å². The minimum atomic E-state index is 0.884. The number of furan rings is 1. The average Bonchev–Trinajstić information content (AvgIpc) is 3.66. The van der Waals surface area contributed by atoms with Gasteiger partial charge in [0.2, 0.25) is 0 Å². The molecule has 0 radical (unpaired) electrons. The highest BCUT2D eigenvalue weighted by Gasteiger charge is 2.19. The summed E-state index contributed by atoms with van der Waals surface area (Å²) in [4.78, 5) is 2.32. The van der Waals surface area contributed by atoms with E-state index in [4.69, 9.17) is 4.42 Å². The highest BCUT2D eigenvalue weighted by atomic mass is 16.3. The molecule has 3 heteroatoms. The monoisotopic (exact) mass is 576 g/mol. The second-order valence-electron chi connectivity index (χ2n) is 11.4. The summed E-state index contributed by atoms with van der Waals surface area (Å²) in [6, 6.07) is 60.1. The van der Waals surface area contributed by atoms with E-state index >= 15 is 0 Å². The van der Waals surface area contributed by atoms with Crippen molar-refractivity contribution in [2.24, 2.45) is 0 Å². The number of fused-ring (bicyclic) bond motifs is 6. The zero-order chi connectivity index (χ0) is 29.7. The van der Waals surface area contributed by atoms with Crippen LogP contribution in [0.3, 0.4) is 0 Å². The molecule has 0 bridgehead atoms. The Balaban J connectivity index is 1.12. The van der Waals surface area contributed by atoms with E-state index in [-0.39, 0.29) is 0 Å². The summed E-state index contributed by atoms with van der Waals surface area (Å²) < 4.78 is 8.60. The van der Waals surface area contributed by atoms with E-state index < -0.39 is 0 Å². The van der Waals surface area contributed by atoms with Crippen LogP contribution in [-0.4, -0.2) is 4.57 Å². The zero-order valence-electron chi connectivity index (χ0n) is 24.5. The fourth-order valence-electron chi connectivity index (χ4n) is 6.75. The Labute approximate surface area is 260 Å². The number of para-hydroxylation sites is 4. The molecule has 0 fully saturated rings. The SMILES string of the molecule is c1ccc(N(c2ccc(-c3ccc(-n4c5ccccc5c5ccccc54)cc3)cc2)c2cccc3oc4ccccc4c23)cc1. The van der Waals surface area contributed by atoms with E-state index in [1.807, 2.05) is 18.2 Å². The standard InChI is InChI=1S/C42H28N2O/c1-2-11-31(12-3-1)43(39-18-10-20-41-42(39)36-15-6-9-19-40(36)45-41)32-25-21-29(22-26-32)30-23-27-33(28-24-30)44-37-16-7-4-13-34(37)35-14-5-8-17-38(35)44/h1-28H. The number of rotatable bonds is 5. The number of benzene rings is 7. The van der Waals surface area contributed by atoms with E-state index in [0.29, 0.717) is 0 Å². The molecule has 9 aromatic rings. The molecule has 0 amide bonds. The van der Waals surface area contributed by atoms with Crippen molar-refractivity contribution in [2.75, 3.05) is 4.90 Å². The topological polar surface area (TPSA) is 21.3 Å². The maximum Gasteiger partial charge on any atom is 0.137 e. The third kappa shape index (κ3) is 4.13. The van der Waals surface area contributed by atoms with Crippen molar-refractivity contribution in [3.8, 4) is 16.8 Å². The van der Waals surface area contributed by atoms with Gasteiger partial charge in [0.25, 0.3) is 0 Å². The first kappa shape index (κ1) is 25.4. The Morgan fingerprint density at radius 1 is 0.400 bits per heavy atom. The van der Waals surface area contributed by atoms with Gasteiger partial charge in [0, 0.05) is 33.2 Å². The molecule has 45 heavy (non-hydrogen) atoms. The van der Waals surface area contributed by atoms with Crippen LogP contribution in [0.25, 0.3) is 60.6 Å². The molecule has 0 saturated heterocycles. The van der Waals surface area contributed by atoms with Gasteiger partial charge in [-0.3, -0.25) is 0 Å². The van der Waals surface area contributed by atoms with Crippen molar-refractivity contribution in [2.45, 2.75) is 0 Å². The van der Waals surface area contributed by atoms with E-state index in [2.05, 4.69) is 161 Å². The summed E-state index contributed by atoms with van der Waals surface area (Å²) in [7, 11) is 0. The first-order valence-corrected chi connectivity index (χ1v) is 15.3. The second kappa shape index (κ2) is 10.3. The highest BCUT2D eigenvalue weighted by Crippen LogP contribution is 2.43. The number of anilines is 3. The van der Waals surface area contributed by atoms with Crippen molar-refractivity contribution >= 4 is 60.8 Å². The second-order valence-corrected chi connectivity index (χ2v) is 11.4. The molecule has 0 aliphatic carbocycles. The molecule has 2 aromatic heterocycles. The first-order chi connectivity index (χ1) is 22.3. The van der Waals surface area contributed by atoms with Gasteiger partial charge in [-0.15, -0.1) is 0 Å². The van der Waals surface area contributed by atoms with Crippen LogP contribution in [0.15, 0.2) is 174 Å². The van der Waals surface area contributed by atoms with Crippen LogP contribution in [0.2, 0.25) is 0 Å². The molecule has 0 unspecified atom stereocenters. The average molecular weight is 577 g/mol. The van der Waals surface area contributed by atoms with E-state index in [1.54, 1.807) is 0 Å². The molecule has 0 atom stereocenters. The van der Waals surface area contributed by atoms with Crippen LogP contribution in [0.5, 0.6) is 0 Å². The van der Waals surface area contributed by atoms with Gasteiger partial charge in [-0.25, -0.2) is 0 Å². The molecule has 3 nitrogen and oxygen atoms in total. The number of hydrogen-bond acceptors (Lipinski definition) is 2. The lowest BCUT2D eigenvalue weighted by Gasteiger charge is -2.26. The van der Waals surface area contributed by atoms with Gasteiger partial charge in [0.15, 0.2) is 0 Å². The molecule has 2 heterocycles. The number of hydrogen-bond donors (Lipinski definition) is 0. The van der Waals surface area contributed by atoms with Crippen LogP contribution >= 0.6 is 0 Å². The van der Waals surface area contributed by atoms with Gasteiger partial charge in [0.05, 0.1) is 22.1 Å². The third-order valence-electron chi connectivity index (χ3n) is 8.80. The minimum absolute atomic E-state index is 0.884. The van der Waals surface area contributed by atoms with Crippen molar-refractivity contribution in [1.82, 2.24) is 4.57 Å². The summed E-state index contributed by atoms with van der Waals surface area (Å²) in [6.45, 7) is 0. The van der Waals surface area contributed by atoms with E-state index in [9.17, 15) is 0 Å². The summed E-state index contributed by atoms with van der Waals surface area (Å²) >= 11 is 0. The van der Waals surface area contributed by atoms with Crippen LogP contribution in [0.4, 0.5) is 17.1 Å². The predicted molar refractivity (Wildman–Crippen MR) is 188 cm³/mol. The van der Waals surface area contributed by atoms with Gasteiger partial charge < -0.3 is 13.9 Å². The molecular weight excluding hydrogens is 548 g/mol. The van der Waals surface area contributed by atoms with Gasteiger partial charge in [-0.1, -0.05) is 103 Å². The minimum Gasteiger partial charge on any atom is -0.456 e. The predicted octanol–water partition coefficient (Wildman–Crippen LogP) is 11.8. The quantitative estimate of drug-likeness (QED) is 0.203.